The van der Waals surface area contributed by atoms with E-state index in [1.807, 2.05) is 0 Å². The van der Waals surface area contributed by atoms with E-state index in [0.29, 0.717) is 0 Å². The predicted octanol–water partition coefficient (Wildman–Crippen LogP) is 2.64. The average Bonchev–Trinajstić information content (AvgIpc) is 2.19. The first-order valence-electron chi connectivity index (χ1n) is 4.51. The van der Waals surface area contributed by atoms with E-state index in [-0.39, 0.29) is 12.0 Å². The summed E-state index contributed by atoms with van der Waals surface area (Å²) in [5, 5.41) is 8.38. The quantitative estimate of drug-likeness (QED) is 0.836. The maximum absolute atomic E-state index is 13.2. The Labute approximate surface area is 94.4 Å². The molecule has 1 aromatic carbocycles. The third-order valence-corrected chi connectivity index (χ3v) is 1.92. The summed E-state index contributed by atoms with van der Waals surface area (Å²) in [5.74, 6) is -2.10. The number of nitriles is 1. The fraction of sp³-hybridized carbons (Fsp3) is 0.300. The van der Waals surface area contributed by atoms with E-state index in [0.717, 1.165) is 12.1 Å². The molecule has 92 valence electrons. The molecule has 0 spiro atoms. The van der Waals surface area contributed by atoms with Crippen LogP contribution in [-0.2, 0) is 0 Å². The van der Waals surface area contributed by atoms with E-state index in [4.69, 9.17) is 11.0 Å². The molecule has 2 N–H and O–H groups in total. The maximum Gasteiger partial charge on any atom is 0.573 e. The second kappa shape index (κ2) is 5.01. The van der Waals surface area contributed by atoms with Gasteiger partial charge in [-0.05, 0) is 17.7 Å². The Morgan fingerprint density at radius 1 is 1.41 bits per heavy atom. The van der Waals surface area contributed by atoms with Crippen LogP contribution in [0.4, 0.5) is 17.6 Å². The number of ether oxygens (including phenoxy) is 1. The summed E-state index contributed by atoms with van der Waals surface area (Å²) < 4.78 is 52.2. The van der Waals surface area contributed by atoms with Crippen molar-refractivity contribution in [1.29, 1.82) is 5.26 Å². The van der Waals surface area contributed by atoms with Crippen LogP contribution in [0.2, 0.25) is 0 Å². The van der Waals surface area contributed by atoms with Gasteiger partial charge in [-0.3, -0.25) is 0 Å². The zero-order chi connectivity index (χ0) is 13.1. The number of nitrogens with two attached hydrogens (primary N) is 1. The zero-order valence-corrected chi connectivity index (χ0v) is 8.46. The molecule has 1 atom stereocenters. The van der Waals surface area contributed by atoms with Crippen LogP contribution in [0.15, 0.2) is 18.2 Å². The predicted molar refractivity (Wildman–Crippen MR) is 50.2 cm³/mol. The van der Waals surface area contributed by atoms with Crippen LogP contribution in [0.3, 0.4) is 0 Å². The van der Waals surface area contributed by atoms with Gasteiger partial charge in [-0.25, -0.2) is 4.39 Å². The average molecular weight is 248 g/mol. The van der Waals surface area contributed by atoms with Crippen LogP contribution in [0.5, 0.6) is 5.75 Å². The molecule has 0 aliphatic heterocycles. The fourth-order valence-corrected chi connectivity index (χ4v) is 1.17. The minimum absolute atomic E-state index is 0.0566. The highest BCUT2D eigenvalue weighted by Gasteiger charge is 2.32. The number of nitrogens with zero attached hydrogens (tertiary/aromatic N) is 1. The summed E-state index contributed by atoms with van der Waals surface area (Å²) in [7, 11) is 0. The van der Waals surface area contributed by atoms with Gasteiger partial charge in [0.25, 0.3) is 0 Å². The van der Waals surface area contributed by atoms with E-state index in [1.165, 1.54) is 6.07 Å². The number of alkyl halides is 3. The van der Waals surface area contributed by atoms with Gasteiger partial charge in [0.05, 0.1) is 12.5 Å². The normalized spacial score (nSPS) is 12.9. The van der Waals surface area contributed by atoms with Gasteiger partial charge in [0.15, 0.2) is 11.6 Å². The highest BCUT2D eigenvalue weighted by Crippen LogP contribution is 2.27. The third-order valence-electron chi connectivity index (χ3n) is 1.92. The summed E-state index contributed by atoms with van der Waals surface area (Å²) in [4.78, 5) is 0. The number of rotatable bonds is 3. The lowest BCUT2D eigenvalue weighted by Gasteiger charge is -2.12. The lowest BCUT2D eigenvalue weighted by atomic mass is 10.1. The first kappa shape index (κ1) is 13.3. The van der Waals surface area contributed by atoms with Crippen molar-refractivity contribution in [2.24, 2.45) is 5.73 Å². The van der Waals surface area contributed by atoms with Crippen molar-refractivity contribution in [2.75, 3.05) is 0 Å². The molecule has 1 aromatic rings. The van der Waals surface area contributed by atoms with Crippen molar-refractivity contribution in [1.82, 2.24) is 0 Å². The Bertz CT molecular complexity index is 439. The van der Waals surface area contributed by atoms with E-state index in [1.54, 1.807) is 6.07 Å². The summed E-state index contributed by atoms with van der Waals surface area (Å²) in [5.41, 5.74) is 5.73. The summed E-state index contributed by atoms with van der Waals surface area (Å²) >= 11 is 0. The number of hydrogen-bond donors (Lipinski definition) is 1. The van der Waals surface area contributed by atoms with Crippen molar-refractivity contribution < 1.29 is 22.3 Å². The molecule has 0 aliphatic carbocycles. The standard InChI is InChI=1S/C10H8F4N2O/c11-7-5-6(8(16)3-4-15)1-2-9(7)17-10(12,13)14/h1-2,5,8H,3,16H2/t8-/m0/s1. The fourth-order valence-electron chi connectivity index (χ4n) is 1.17. The lowest BCUT2D eigenvalue weighted by Crippen LogP contribution is -2.18. The Morgan fingerprint density at radius 2 is 2.06 bits per heavy atom. The van der Waals surface area contributed by atoms with Crippen LogP contribution >= 0.6 is 0 Å². The van der Waals surface area contributed by atoms with Gasteiger partial charge < -0.3 is 10.5 Å². The molecule has 0 fully saturated rings. The van der Waals surface area contributed by atoms with Crippen LogP contribution in [0.1, 0.15) is 18.0 Å². The topological polar surface area (TPSA) is 59.0 Å². The van der Waals surface area contributed by atoms with Crippen molar-refractivity contribution in [2.45, 2.75) is 18.8 Å². The lowest BCUT2D eigenvalue weighted by molar-refractivity contribution is -0.275. The molecule has 0 heterocycles. The third kappa shape index (κ3) is 3.92. The molecule has 0 saturated carbocycles. The Morgan fingerprint density at radius 3 is 2.53 bits per heavy atom. The molecule has 3 nitrogen and oxygen atoms in total. The largest absolute Gasteiger partial charge is 0.573 e. The Balaban J connectivity index is 2.91. The van der Waals surface area contributed by atoms with Crippen LogP contribution in [0.25, 0.3) is 0 Å². The van der Waals surface area contributed by atoms with Gasteiger partial charge in [0.1, 0.15) is 0 Å². The van der Waals surface area contributed by atoms with Crippen molar-refractivity contribution >= 4 is 0 Å². The second-order valence-corrected chi connectivity index (χ2v) is 3.21. The van der Waals surface area contributed by atoms with Crippen molar-refractivity contribution in [3.8, 4) is 11.8 Å². The van der Waals surface area contributed by atoms with Gasteiger partial charge >= 0.3 is 6.36 Å². The molecule has 1 rings (SSSR count). The highest BCUT2D eigenvalue weighted by atomic mass is 19.4. The van der Waals surface area contributed by atoms with E-state index < -0.39 is 24.0 Å². The molecule has 0 aromatic heterocycles. The van der Waals surface area contributed by atoms with Gasteiger partial charge in [-0.1, -0.05) is 6.07 Å². The molecule has 7 heteroatoms. The SMILES string of the molecule is N#CC[C@H](N)c1ccc(OC(F)(F)F)c(F)c1. The van der Waals surface area contributed by atoms with E-state index in [2.05, 4.69) is 4.74 Å². The number of halogens is 4. The van der Waals surface area contributed by atoms with Crippen molar-refractivity contribution in [3.63, 3.8) is 0 Å². The van der Waals surface area contributed by atoms with E-state index >= 15 is 0 Å². The summed E-state index contributed by atoms with van der Waals surface area (Å²) in [6, 6.07) is 3.88. The molecule has 0 saturated heterocycles. The molecule has 0 unspecified atom stereocenters. The van der Waals surface area contributed by atoms with Gasteiger partial charge in [0.2, 0.25) is 0 Å². The van der Waals surface area contributed by atoms with Crippen LogP contribution in [-0.4, -0.2) is 6.36 Å². The Kier molecular flexibility index (Phi) is 3.91. The smallest absolute Gasteiger partial charge is 0.403 e. The zero-order valence-electron chi connectivity index (χ0n) is 8.46. The Hall–Kier alpha value is -1.81. The molecule has 0 aliphatic rings. The molecule has 0 bridgehead atoms. The second-order valence-electron chi connectivity index (χ2n) is 3.21. The molecule has 0 amide bonds. The first-order chi connectivity index (χ1) is 7.83. The molecule has 0 radical (unpaired) electrons. The minimum Gasteiger partial charge on any atom is -0.403 e. The van der Waals surface area contributed by atoms with Gasteiger partial charge in [-0.15, -0.1) is 13.2 Å². The highest BCUT2D eigenvalue weighted by molar-refractivity contribution is 5.31. The molecule has 17 heavy (non-hydrogen) atoms. The van der Waals surface area contributed by atoms with Crippen LogP contribution < -0.4 is 10.5 Å². The molecular formula is C10H8F4N2O. The minimum atomic E-state index is -4.95. The number of hydrogen-bond acceptors (Lipinski definition) is 3. The van der Waals surface area contributed by atoms with Crippen LogP contribution in [0, 0.1) is 17.1 Å². The maximum atomic E-state index is 13.2. The van der Waals surface area contributed by atoms with Crippen molar-refractivity contribution in [3.05, 3.63) is 29.6 Å². The van der Waals surface area contributed by atoms with Gasteiger partial charge in [-0.2, -0.15) is 5.26 Å². The summed E-state index contributed by atoms with van der Waals surface area (Å²) in [6.07, 6.45) is -5.00. The molecular weight excluding hydrogens is 240 g/mol. The first-order valence-corrected chi connectivity index (χ1v) is 4.51. The van der Waals surface area contributed by atoms with E-state index in [9.17, 15) is 17.6 Å². The number of benzene rings is 1. The van der Waals surface area contributed by atoms with Gasteiger partial charge in [0, 0.05) is 6.04 Å². The summed E-state index contributed by atoms with van der Waals surface area (Å²) in [6.45, 7) is 0. The monoisotopic (exact) mass is 248 g/mol.